The summed E-state index contributed by atoms with van der Waals surface area (Å²) in [5.41, 5.74) is 4.66. The average molecular weight is 261 g/mol. The van der Waals surface area contributed by atoms with Gasteiger partial charge in [0, 0.05) is 37.9 Å². The van der Waals surface area contributed by atoms with Crippen molar-refractivity contribution in [3.05, 3.63) is 17.0 Å². The van der Waals surface area contributed by atoms with Crippen molar-refractivity contribution in [2.45, 2.75) is 47.1 Å². The molecule has 0 N–H and O–H groups in total. The van der Waals surface area contributed by atoms with Gasteiger partial charge in [-0.05, 0) is 43.9 Å². The number of hydrogen-bond acceptors (Lipinski definition) is 2. The van der Waals surface area contributed by atoms with Crippen molar-refractivity contribution in [2.75, 3.05) is 13.1 Å². The zero-order valence-corrected chi connectivity index (χ0v) is 13.0. The molecule has 2 aliphatic rings. The van der Waals surface area contributed by atoms with Gasteiger partial charge in [-0.1, -0.05) is 13.8 Å². The van der Waals surface area contributed by atoms with E-state index in [1.165, 1.54) is 42.9 Å². The molecule has 1 saturated heterocycles. The van der Waals surface area contributed by atoms with Crippen LogP contribution in [0.5, 0.6) is 0 Å². The Bertz CT molecular complexity index is 472. The summed E-state index contributed by atoms with van der Waals surface area (Å²) in [6.07, 6.45) is 2.93. The van der Waals surface area contributed by atoms with Crippen LogP contribution in [0.2, 0.25) is 0 Å². The first kappa shape index (κ1) is 13.2. The lowest BCUT2D eigenvalue weighted by Gasteiger charge is -2.60. The average Bonchev–Trinajstić information content (AvgIpc) is 2.44. The second kappa shape index (κ2) is 4.34. The Morgan fingerprint density at radius 1 is 1.26 bits per heavy atom. The predicted octanol–water partition coefficient (Wildman–Crippen LogP) is 2.90. The van der Waals surface area contributed by atoms with E-state index in [0.717, 1.165) is 18.4 Å². The van der Waals surface area contributed by atoms with E-state index in [4.69, 9.17) is 0 Å². The molecular formula is C16H27N3. The number of aromatic nitrogens is 2. The molecule has 0 bridgehead atoms. The lowest BCUT2D eigenvalue weighted by atomic mass is 9.55. The first-order valence-corrected chi connectivity index (χ1v) is 7.62. The third-order valence-electron chi connectivity index (χ3n) is 5.49. The molecule has 1 aliphatic heterocycles. The quantitative estimate of drug-likeness (QED) is 0.834. The van der Waals surface area contributed by atoms with Gasteiger partial charge in [0.1, 0.15) is 0 Å². The summed E-state index contributed by atoms with van der Waals surface area (Å²) >= 11 is 0. The summed E-state index contributed by atoms with van der Waals surface area (Å²) < 4.78 is 2.01. The first-order valence-electron chi connectivity index (χ1n) is 7.62. The predicted molar refractivity (Wildman–Crippen MR) is 78.0 cm³/mol. The molecule has 3 heteroatoms. The molecule has 3 rings (SSSR count). The smallest absolute Gasteiger partial charge is 0.0641 e. The van der Waals surface area contributed by atoms with Crippen molar-refractivity contribution in [1.82, 2.24) is 14.7 Å². The second-order valence-corrected chi connectivity index (χ2v) is 7.33. The number of hydrogen-bond donors (Lipinski definition) is 0. The highest BCUT2D eigenvalue weighted by molar-refractivity contribution is 5.25. The molecule has 0 atom stereocenters. The maximum atomic E-state index is 4.52. The summed E-state index contributed by atoms with van der Waals surface area (Å²) in [5, 5.41) is 4.52. The Hall–Kier alpha value is -0.830. The molecule has 106 valence electrons. The van der Waals surface area contributed by atoms with Crippen LogP contribution in [-0.4, -0.2) is 27.8 Å². The highest BCUT2D eigenvalue weighted by Gasteiger charge is 2.52. The van der Waals surface area contributed by atoms with Crippen LogP contribution in [-0.2, 0) is 13.6 Å². The molecule has 0 radical (unpaired) electrons. The molecule has 1 aromatic rings. The van der Waals surface area contributed by atoms with Gasteiger partial charge >= 0.3 is 0 Å². The minimum Gasteiger partial charge on any atom is -0.298 e. The van der Waals surface area contributed by atoms with Crippen LogP contribution >= 0.6 is 0 Å². The molecule has 1 aliphatic carbocycles. The number of likely N-dealkylation sites (tertiary alicyclic amines) is 1. The van der Waals surface area contributed by atoms with Crippen molar-refractivity contribution in [1.29, 1.82) is 0 Å². The minimum absolute atomic E-state index is 0.693. The Kier molecular flexibility index (Phi) is 3.01. The van der Waals surface area contributed by atoms with Crippen LogP contribution in [0.1, 0.15) is 43.6 Å². The van der Waals surface area contributed by atoms with Crippen molar-refractivity contribution < 1.29 is 0 Å². The summed E-state index contributed by atoms with van der Waals surface area (Å²) in [6.45, 7) is 12.8. The summed E-state index contributed by atoms with van der Waals surface area (Å²) in [4.78, 5) is 2.60. The molecular weight excluding hydrogens is 234 g/mol. The van der Waals surface area contributed by atoms with E-state index in [9.17, 15) is 0 Å². The molecule has 19 heavy (non-hydrogen) atoms. The van der Waals surface area contributed by atoms with E-state index in [-0.39, 0.29) is 0 Å². The van der Waals surface area contributed by atoms with E-state index in [0.29, 0.717) is 5.41 Å². The van der Waals surface area contributed by atoms with Gasteiger partial charge in [0.2, 0.25) is 0 Å². The molecule has 3 nitrogen and oxygen atoms in total. The molecule has 2 fully saturated rings. The van der Waals surface area contributed by atoms with Gasteiger partial charge in [-0.2, -0.15) is 5.10 Å². The summed E-state index contributed by atoms with van der Waals surface area (Å²) in [6, 6.07) is 0. The fourth-order valence-corrected chi connectivity index (χ4v) is 4.07. The minimum atomic E-state index is 0.693. The van der Waals surface area contributed by atoms with Gasteiger partial charge in [-0.15, -0.1) is 0 Å². The Morgan fingerprint density at radius 2 is 1.89 bits per heavy atom. The lowest BCUT2D eigenvalue weighted by Crippen LogP contribution is -2.62. The van der Waals surface area contributed by atoms with Gasteiger partial charge in [-0.25, -0.2) is 0 Å². The van der Waals surface area contributed by atoms with Crippen molar-refractivity contribution in [3.8, 4) is 0 Å². The second-order valence-electron chi connectivity index (χ2n) is 7.33. The fraction of sp³-hybridized carbons (Fsp3) is 0.812. The first-order chi connectivity index (χ1) is 8.90. The molecule has 0 aromatic carbocycles. The summed E-state index contributed by atoms with van der Waals surface area (Å²) in [5.74, 6) is 1.87. The van der Waals surface area contributed by atoms with Gasteiger partial charge in [-0.3, -0.25) is 9.58 Å². The normalized spacial score (nSPS) is 22.8. The molecule has 1 saturated carbocycles. The lowest BCUT2D eigenvalue weighted by molar-refractivity contribution is -0.109. The van der Waals surface area contributed by atoms with Gasteiger partial charge in [0.15, 0.2) is 0 Å². The number of aryl methyl sites for hydroxylation is 2. The van der Waals surface area contributed by atoms with Crippen molar-refractivity contribution in [3.63, 3.8) is 0 Å². The van der Waals surface area contributed by atoms with E-state index in [1.807, 2.05) is 11.7 Å². The van der Waals surface area contributed by atoms with E-state index in [1.54, 1.807) is 0 Å². The number of rotatable bonds is 3. The molecule has 1 spiro atoms. The standard InChI is InChI=1S/C16H27N3/c1-11(2)14-6-16(7-14)9-19(10-16)8-15-12(3)17-18(5)13(15)4/h11,14H,6-10H2,1-5H3. The van der Waals surface area contributed by atoms with Crippen LogP contribution in [0, 0.1) is 31.1 Å². The number of nitrogens with zero attached hydrogens (tertiary/aromatic N) is 3. The van der Waals surface area contributed by atoms with E-state index < -0.39 is 0 Å². The van der Waals surface area contributed by atoms with Crippen molar-refractivity contribution >= 4 is 0 Å². The van der Waals surface area contributed by atoms with Crippen LogP contribution < -0.4 is 0 Å². The SMILES string of the molecule is Cc1nn(C)c(C)c1CN1CC2(CC(C(C)C)C2)C1. The Labute approximate surface area is 117 Å². The Morgan fingerprint density at radius 3 is 2.37 bits per heavy atom. The Balaban J connectivity index is 1.55. The maximum absolute atomic E-state index is 4.52. The van der Waals surface area contributed by atoms with Crippen LogP contribution in [0.4, 0.5) is 0 Å². The third-order valence-corrected chi connectivity index (χ3v) is 5.49. The fourth-order valence-electron chi connectivity index (χ4n) is 4.07. The van der Waals surface area contributed by atoms with E-state index >= 15 is 0 Å². The monoisotopic (exact) mass is 261 g/mol. The largest absolute Gasteiger partial charge is 0.298 e. The van der Waals surface area contributed by atoms with Gasteiger partial charge < -0.3 is 0 Å². The molecule has 1 aromatic heterocycles. The van der Waals surface area contributed by atoms with Crippen LogP contribution in [0.15, 0.2) is 0 Å². The summed E-state index contributed by atoms with van der Waals surface area (Å²) in [7, 11) is 2.04. The topological polar surface area (TPSA) is 21.1 Å². The molecule has 0 amide bonds. The zero-order valence-electron chi connectivity index (χ0n) is 13.0. The maximum Gasteiger partial charge on any atom is 0.0641 e. The van der Waals surface area contributed by atoms with Crippen molar-refractivity contribution in [2.24, 2.45) is 24.3 Å². The molecule has 2 heterocycles. The van der Waals surface area contributed by atoms with Crippen LogP contribution in [0.25, 0.3) is 0 Å². The van der Waals surface area contributed by atoms with Crippen LogP contribution in [0.3, 0.4) is 0 Å². The van der Waals surface area contributed by atoms with E-state index in [2.05, 4.69) is 37.7 Å². The highest BCUT2D eigenvalue weighted by atomic mass is 15.3. The molecule has 0 unspecified atom stereocenters. The highest BCUT2D eigenvalue weighted by Crippen LogP contribution is 2.54. The zero-order chi connectivity index (χ0) is 13.8. The third kappa shape index (κ3) is 2.12. The van der Waals surface area contributed by atoms with Gasteiger partial charge in [0.25, 0.3) is 0 Å². The van der Waals surface area contributed by atoms with Gasteiger partial charge in [0.05, 0.1) is 5.69 Å².